The van der Waals surface area contributed by atoms with Crippen LogP contribution in [0, 0.1) is 0 Å². The quantitative estimate of drug-likeness (QED) is 0.869. The summed E-state index contributed by atoms with van der Waals surface area (Å²) < 4.78 is 0. The zero-order valence-corrected chi connectivity index (χ0v) is 11.8. The maximum absolute atomic E-state index is 12.3. The van der Waals surface area contributed by atoms with Gasteiger partial charge in [-0.1, -0.05) is 0 Å². The van der Waals surface area contributed by atoms with E-state index in [4.69, 9.17) is 0 Å². The molecule has 1 N–H and O–H groups in total. The third-order valence-electron chi connectivity index (χ3n) is 3.46. The summed E-state index contributed by atoms with van der Waals surface area (Å²) in [5.41, 5.74) is 0.414. The number of anilines is 1. The van der Waals surface area contributed by atoms with Gasteiger partial charge in [-0.15, -0.1) is 0 Å². The summed E-state index contributed by atoms with van der Waals surface area (Å²) in [6.07, 6.45) is 3.11. The molecule has 1 saturated heterocycles. The van der Waals surface area contributed by atoms with Crippen LogP contribution in [0.1, 0.15) is 24.3 Å². The van der Waals surface area contributed by atoms with Crippen molar-refractivity contribution in [2.45, 2.75) is 19.9 Å². The molecule has 0 radical (unpaired) electrons. The van der Waals surface area contributed by atoms with Crippen molar-refractivity contribution in [1.29, 1.82) is 0 Å². The second-order valence-electron chi connectivity index (χ2n) is 4.96. The third-order valence-corrected chi connectivity index (χ3v) is 3.46. The molecule has 2 rings (SSSR count). The number of hydrogen-bond acceptors (Lipinski definition) is 5. The van der Waals surface area contributed by atoms with Crippen LogP contribution in [-0.2, 0) is 0 Å². The Morgan fingerprint density at radius 2 is 1.89 bits per heavy atom. The molecule has 0 saturated carbocycles. The van der Waals surface area contributed by atoms with E-state index < -0.39 is 0 Å². The van der Waals surface area contributed by atoms with Gasteiger partial charge in [-0.2, -0.15) is 0 Å². The zero-order valence-electron chi connectivity index (χ0n) is 11.8. The van der Waals surface area contributed by atoms with Gasteiger partial charge in [-0.3, -0.25) is 9.69 Å². The molecule has 0 aromatic carbocycles. The van der Waals surface area contributed by atoms with Crippen molar-refractivity contribution in [3.05, 3.63) is 18.1 Å². The Balaban J connectivity index is 1.97. The number of carbonyl (C=O) groups is 1. The molecule has 2 heterocycles. The number of piperazine rings is 1. The standard InChI is InChI=1S/C13H21N5O/c1-10(2)17-4-6-18(7-5-17)13(19)11-8-16-12(14-3)9-15-11/h8-10H,4-7H2,1-3H3,(H,14,16). The molecule has 0 unspecified atom stereocenters. The Kier molecular flexibility index (Phi) is 4.31. The fraction of sp³-hybridized carbons (Fsp3) is 0.615. The van der Waals surface area contributed by atoms with Gasteiger partial charge in [0.15, 0.2) is 0 Å². The molecule has 1 amide bonds. The average Bonchev–Trinajstić information content (AvgIpc) is 2.46. The molecule has 6 nitrogen and oxygen atoms in total. The largest absolute Gasteiger partial charge is 0.372 e. The van der Waals surface area contributed by atoms with Crippen LogP contribution >= 0.6 is 0 Å². The fourth-order valence-electron chi connectivity index (χ4n) is 2.17. The number of carbonyl (C=O) groups excluding carboxylic acids is 1. The van der Waals surface area contributed by atoms with Gasteiger partial charge in [0.05, 0.1) is 12.4 Å². The predicted octanol–water partition coefficient (Wildman–Crippen LogP) is 0.684. The van der Waals surface area contributed by atoms with E-state index in [1.807, 2.05) is 4.90 Å². The number of amides is 1. The second-order valence-corrected chi connectivity index (χ2v) is 4.96. The summed E-state index contributed by atoms with van der Waals surface area (Å²) in [6, 6.07) is 0.534. The minimum atomic E-state index is -0.0291. The van der Waals surface area contributed by atoms with Gasteiger partial charge >= 0.3 is 0 Å². The van der Waals surface area contributed by atoms with Crippen LogP contribution < -0.4 is 5.32 Å². The van der Waals surface area contributed by atoms with E-state index in [2.05, 4.69) is 34.0 Å². The van der Waals surface area contributed by atoms with E-state index in [1.165, 1.54) is 6.20 Å². The van der Waals surface area contributed by atoms with Crippen molar-refractivity contribution in [3.8, 4) is 0 Å². The molecule has 1 aromatic heterocycles. The molecule has 0 aliphatic carbocycles. The molecule has 0 atom stereocenters. The van der Waals surface area contributed by atoms with Crippen molar-refractivity contribution in [2.75, 3.05) is 38.5 Å². The van der Waals surface area contributed by atoms with Gasteiger partial charge in [0, 0.05) is 39.3 Å². The Labute approximate surface area is 113 Å². The number of hydrogen-bond donors (Lipinski definition) is 1. The molecular formula is C13H21N5O. The molecular weight excluding hydrogens is 242 g/mol. The summed E-state index contributed by atoms with van der Waals surface area (Å²) in [4.78, 5) is 24.8. The minimum Gasteiger partial charge on any atom is -0.372 e. The van der Waals surface area contributed by atoms with Crippen LogP contribution in [0.4, 0.5) is 5.82 Å². The fourth-order valence-corrected chi connectivity index (χ4v) is 2.17. The normalized spacial score (nSPS) is 16.7. The SMILES string of the molecule is CNc1cnc(C(=O)N2CCN(C(C)C)CC2)cn1. The molecule has 6 heteroatoms. The van der Waals surface area contributed by atoms with Crippen molar-refractivity contribution in [2.24, 2.45) is 0 Å². The van der Waals surface area contributed by atoms with Crippen LogP contribution in [0.5, 0.6) is 0 Å². The molecule has 0 bridgehead atoms. The highest BCUT2D eigenvalue weighted by Gasteiger charge is 2.24. The Morgan fingerprint density at radius 3 is 2.37 bits per heavy atom. The van der Waals surface area contributed by atoms with Crippen LogP contribution in [0.3, 0.4) is 0 Å². The van der Waals surface area contributed by atoms with E-state index in [0.717, 1.165) is 26.2 Å². The van der Waals surface area contributed by atoms with Gasteiger partial charge in [0.25, 0.3) is 5.91 Å². The lowest BCUT2D eigenvalue weighted by atomic mass is 10.2. The molecule has 0 spiro atoms. The monoisotopic (exact) mass is 263 g/mol. The predicted molar refractivity (Wildman–Crippen MR) is 74.2 cm³/mol. The van der Waals surface area contributed by atoms with Crippen molar-refractivity contribution in [1.82, 2.24) is 19.8 Å². The molecule has 1 aromatic rings. The first-order valence-corrected chi connectivity index (χ1v) is 6.65. The van der Waals surface area contributed by atoms with E-state index >= 15 is 0 Å². The van der Waals surface area contributed by atoms with E-state index in [0.29, 0.717) is 17.6 Å². The first kappa shape index (κ1) is 13.7. The Hall–Kier alpha value is -1.69. The zero-order chi connectivity index (χ0) is 13.8. The van der Waals surface area contributed by atoms with Crippen molar-refractivity contribution < 1.29 is 4.79 Å². The van der Waals surface area contributed by atoms with Gasteiger partial charge in [0.1, 0.15) is 11.5 Å². The van der Waals surface area contributed by atoms with Crippen LogP contribution in [0.15, 0.2) is 12.4 Å². The summed E-state index contributed by atoms with van der Waals surface area (Å²) in [5.74, 6) is 0.639. The second kappa shape index (κ2) is 5.97. The highest BCUT2D eigenvalue weighted by atomic mass is 16.2. The Morgan fingerprint density at radius 1 is 1.21 bits per heavy atom. The summed E-state index contributed by atoms with van der Waals surface area (Å²) in [6.45, 7) is 7.72. The molecule has 1 fully saturated rings. The highest BCUT2D eigenvalue weighted by molar-refractivity contribution is 5.92. The molecule has 19 heavy (non-hydrogen) atoms. The third kappa shape index (κ3) is 3.20. The first-order valence-electron chi connectivity index (χ1n) is 6.65. The number of aromatic nitrogens is 2. The maximum Gasteiger partial charge on any atom is 0.274 e. The van der Waals surface area contributed by atoms with Gasteiger partial charge in [-0.05, 0) is 13.8 Å². The smallest absolute Gasteiger partial charge is 0.274 e. The number of nitrogens with zero attached hydrogens (tertiary/aromatic N) is 4. The van der Waals surface area contributed by atoms with Gasteiger partial charge < -0.3 is 10.2 Å². The Bertz CT molecular complexity index is 423. The van der Waals surface area contributed by atoms with Crippen LogP contribution in [0.25, 0.3) is 0 Å². The lowest BCUT2D eigenvalue weighted by Crippen LogP contribution is -2.50. The lowest BCUT2D eigenvalue weighted by Gasteiger charge is -2.36. The lowest BCUT2D eigenvalue weighted by molar-refractivity contribution is 0.0589. The minimum absolute atomic E-state index is 0.0291. The van der Waals surface area contributed by atoms with Crippen molar-refractivity contribution in [3.63, 3.8) is 0 Å². The van der Waals surface area contributed by atoms with Crippen LogP contribution in [0.2, 0.25) is 0 Å². The highest BCUT2D eigenvalue weighted by Crippen LogP contribution is 2.09. The number of nitrogens with one attached hydrogen (secondary N) is 1. The summed E-state index contributed by atoms with van der Waals surface area (Å²) >= 11 is 0. The summed E-state index contributed by atoms with van der Waals surface area (Å²) in [5, 5.41) is 2.89. The van der Waals surface area contributed by atoms with Gasteiger partial charge in [-0.25, -0.2) is 9.97 Å². The maximum atomic E-state index is 12.3. The van der Waals surface area contributed by atoms with E-state index in [9.17, 15) is 4.79 Å². The topological polar surface area (TPSA) is 61.4 Å². The summed E-state index contributed by atoms with van der Waals surface area (Å²) in [7, 11) is 1.77. The first-order chi connectivity index (χ1) is 9.11. The molecule has 104 valence electrons. The average molecular weight is 263 g/mol. The molecule has 1 aliphatic heterocycles. The van der Waals surface area contributed by atoms with E-state index in [1.54, 1.807) is 13.2 Å². The number of rotatable bonds is 3. The van der Waals surface area contributed by atoms with E-state index in [-0.39, 0.29) is 5.91 Å². The van der Waals surface area contributed by atoms with Crippen LogP contribution in [-0.4, -0.2) is 64.9 Å². The van der Waals surface area contributed by atoms with Gasteiger partial charge in [0.2, 0.25) is 0 Å². The molecule has 1 aliphatic rings. The van der Waals surface area contributed by atoms with Crippen molar-refractivity contribution >= 4 is 11.7 Å².